The van der Waals surface area contributed by atoms with E-state index in [1.165, 1.54) is 4.90 Å². The van der Waals surface area contributed by atoms with Crippen molar-refractivity contribution in [1.82, 2.24) is 14.8 Å². The van der Waals surface area contributed by atoms with Crippen molar-refractivity contribution in [3.63, 3.8) is 0 Å². The Hall–Kier alpha value is -1.84. The Morgan fingerprint density at radius 1 is 1.48 bits per heavy atom. The second kappa shape index (κ2) is 7.77. The molecule has 0 unspecified atom stereocenters. The largest absolute Gasteiger partial charge is 0.477 e. The van der Waals surface area contributed by atoms with Crippen molar-refractivity contribution in [2.45, 2.75) is 56.7 Å². The van der Waals surface area contributed by atoms with Gasteiger partial charge >= 0.3 is 5.97 Å². The Bertz CT molecular complexity index is 851. The number of aryl methyl sites for hydroxylation is 2. The van der Waals surface area contributed by atoms with Crippen molar-refractivity contribution in [1.29, 1.82) is 0 Å². The number of carbonyl (C=O) groups is 2. The van der Waals surface area contributed by atoms with Crippen LogP contribution in [-0.4, -0.2) is 61.5 Å². The third-order valence-electron chi connectivity index (χ3n) is 6.35. The van der Waals surface area contributed by atoms with E-state index in [0.29, 0.717) is 6.04 Å². The highest BCUT2D eigenvalue weighted by Gasteiger charge is 2.60. The number of carbonyl (C=O) groups excluding carboxylic acids is 1. The molecular weight excluding hydrogens is 392 g/mol. The van der Waals surface area contributed by atoms with Gasteiger partial charge in [-0.25, -0.2) is 13.9 Å². The lowest BCUT2D eigenvalue weighted by molar-refractivity contribution is -0.671. The fourth-order valence-electron chi connectivity index (χ4n) is 4.89. The zero-order valence-electron chi connectivity index (χ0n) is 17.0. The SMILES string of the molecule is C[C@@H](O)[C@H]1C(=O)N2C(C(=O)O)=C(S[C@@H]3CN[C@H](CCn4cc[n+](C)c4)C3)[C@H](C)[C@H]12. The monoisotopic (exact) mass is 421 g/mol. The van der Waals surface area contributed by atoms with Gasteiger partial charge in [-0.1, -0.05) is 6.92 Å². The molecule has 8 nitrogen and oxygen atoms in total. The van der Waals surface area contributed by atoms with Crippen LogP contribution in [0.4, 0.5) is 0 Å². The van der Waals surface area contributed by atoms with Crippen molar-refractivity contribution in [2.75, 3.05) is 6.54 Å². The molecule has 1 aromatic rings. The van der Waals surface area contributed by atoms with E-state index >= 15 is 0 Å². The first-order valence-corrected chi connectivity index (χ1v) is 11.1. The van der Waals surface area contributed by atoms with E-state index in [2.05, 4.69) is 22.4 Å². The van der Waals surface area contributed by atoms with Crippen LogP contribution >= 0.6 is 11.8 Å². The second-order valence-electron chi connectivity index (χ2n) is 8.46. The molecule has 3 aliphatic rings. The minimum absolute atomic E-state index is 0.0673. The van der Waals surface area contributed by atoms with Crippen LogP contribution < -0.4 is 9.88 Å². The predicted octanol–water partition coefficient (Wildman–Crippen LogP) is 0.320. The summed E-state index contributed by atoms with van der Waals surface area (Å²) in [7, 11) is 2.00. The molecule has 0 saturated carbocycles. The molecule has 2 saturated heterocycles. The minimum Gasteiger partial charge on any atom is -0.477 e. The number of aliphatic carboxylic acids is 1. The van der Waals surface area contributed by atoms with E-state index in [-0.39, 0.29) is 28.8 Å². The number of nitrogens with one attached hydrogen (secondary N) is 1. The van der Waals surface area contributed by atoms with Crippen LogP contribution in [0.2, 0.25) is 0 Å². The number of hydrogen-bond donors (Lipinski definition) is 3. The highest BCUT2D eigenvalue weighted by atomic mass is 32.2. The van der Waals surface area contributed by atoms with Gasteiger partial charge in [-0.3, -0.25) is 4.79 Å². The highest BCUT2D eigenvalue weighted by Crippen LogP contribution is 2.51. The van der Waals surface area contributed by atoms with Crippen LogP contribution in [0.5, 0.6) is 0 Å². The number of β-lactam (4-membered cyclic amide) rings is 1. The topological polar surface area (TPSA) is 98.7 Å². The summed E-state index contributed by atoms with van der Waals surface area (Å²) < 4.78 is 4.19. The number of aliphatic hydroxyl groups excluding tert-OH is 1. The van der Waals surface area contributed by atoms with Crippen molar-refractivity contribution in [3.05, 3.63) is 29.3 Å². The Balaban J connectivity index is 1.41. The number of rotatable bonds is 7. The molecule has 6 atom stereocenters. The molecule has 0 spiro atoms. The van der Waals surface area contributed by atoms with E-state index in [9.17, 15) is 19.8 Å². The first-order valence-electron chi connectivity index (χ1n) is 10.2. The maximum absolute atomic E-state index is 12.4. The van der Waals surface area contributed by atoms with E-state index in [1.807, 2.05) is 24.7 Å². The van der Waals surface area contributed by atoms with Gasteiger partial charge in [0.15, 0.2) is 0 Å². The van der Waals surface area contributed by atoms with Gasteiger partial charge in [0.1, 0.15) is 18.1 Å². The quantitative estimate of drug-likeness (QED) is 0.433. The minimum atomic E-state index is -1.05. The summed E-state index contributed by atoms with van der Waals surface area (Å²) in [6.07, 6.45) is 7.37. The van der Waals surface area contributed by atoms with Crippen molar-refractivity contribution in [2.24, 2.45) is 18.9 Å². The van der Waals surface area contributed by atoms with E-state index in [4.69, 9.17) is 0 Å². The molecule has 1 amide bonds. The lowest BCUT2D eigenvalue weighted by Gasteiger charge is -2.46. The van der Waals surface area contributed by atoms with Crippen LogP contribution in [0.3, 0.4) is 0 Å². The zero-order valence-corrected chi connectivity index (χ0v) is 17.8. The van der Waals surface area contributed by atoms with Gasteiger partial charge in [0.25, 0.3) is 0 Å². The number of carboxylic acids is 1. The number of imidazole rings is 1. The van der Waals surface area contributed by atoms with Gasteiger partial charge in [-0.05, 0) is 13.3 Å². The van der Waals surface area contributed by atoms with Gasteiger partial charge in [-0.2, -0.15) is 0 Å². The van der Waals surface area contributed by atoms with E-state index in [0.717, 1.165) is 30.8 Å². The smallest absolute Gasteiger partial charge is 0.353 e. The summed E-state index contributed by atoms with van der Waals surface area (Å²) in [4.78, 5) is 26.5. The molecule has 0 radical (unpaired) electrons. The lowest BCUT2D eigenvalue weighted by Crippen LogP contribution is -2.63. The second-order valence-corrected chi connectivity index (χ2v) is 9.80. The fourth-order valence-corrected chi connectivity index (χ4v) is 6.41. The van der Waals surface area contributed by atoms with Crippen LogP contribution in [0.1, 0.15) is 26.7 Å². The molecule has 4 rings (SSSR count). The predicted molar refractivity (Wildman–Crippen MR) is 108 cm³/mol. The van der Waals surface area contributed by atoms with Gasteiger partial charge < -0.3 is 20.4 Å². The number of hydrogen-bond acceptors (Lipinski definition) is 5. The Kier molecular flexibility index (Phi) is 5.48. The average Bonchev–Trinajstić information content (AvgIpc) is 3.32. The van der Waals surface area contributed by atoms with Gasteiger partial charge in [0, 0.05) is 35.1 Å². The van der Waals surface area contributed by atoms with Crippen LogP contribution in [0, 0.1) is 11.8 Å². The number of amides is 1. The molecule has 29 heavy (non-hydrogen) atoms. The zero-order chi connectivity index (χ0) is 20.9. The van der Waals surface area contributed by atoms with Crippen molar-refractivity contribution in [3.8, 4) is 0 Å². The number of carboxylic acid groups (broad SMARTS) is 1. The highest BCUT2D eigenvalue weighted by molar-refractivity contribution is 8.03. The van der Waals surface area contributed by atoms with Gasteiger partial charge in [0.05, 0.1) is 31.7 Å². The fraction of sp³-hybridized carbons (Fsp3) is 0.650. The summed E-state index contributed by atoms with van der Waals surface area (Å²) >= 11 is 1.60. The number of nitrogens with zero attached hydrogens (tertiary/aromatic N) is 3. The molecule has 9 heteroatoms. The number of aliphatic hydroxyl groups is 1. The number of fused-ring (bicyclic) bond motifs is 1. The van der Waals surface area contributed by atoms with Gasteiger partial charge in [-0.15, -0.1) is 11.8 Å². The number of aromatic nitrogens is 2. The normalized spacial score (nSPS) is 32.5. The molecule has 0 bridgehead atoms. The van der Waals surface area contributed by atoms with Gasteiger partial charge in [0.2, 0.25) is 12.2 Å². The molecule has 0 aliphatic carbocycles. The lowest BCUT2D eigenvalue weighted by atomic mass is 9.79. The molecule has 4 heterocycles. The molecule has 2 fully saturated rings. The molecule has 1 aromatic heterocycles. The molecule has 3 N–H and O–H groups in total. The standard InChI is InChI=1S/C20H28N4O4S/c1-11-16-15(12(2)25)19(26)24(16)17(20(27)28)18(11)29-14-8-13(21-9-14)4-5-23-7-6-22(3)10-23/h6-7,10-16,21,25H,4-5,8-9H2,1-3H3/p+1/t11-,12-,13-,14+,15-,16-/m1/s1. The molecule has 3 aliphatic heterocycles. The van der Waals surface area contributed by atoms with E-state index < -0.39 is 18.0 Å². The summed E-state index contributed by atoms with van der Waals surface area (Å²) in [6.45, 7) is 5.35. The van der Waals surface area contributed by atoms with Crippen LogP contribution in [0.25, 0.3) is 0 Å². The molecule has 158 valence electrons. The summed E-state index contributed by atoms with van der Waals surface area (Å²) in [6, 6.07) is 0.158. The maximum Gasteiger partial charge on any atom is 0.353 e. The number of thioether (sulfide) groups is 1. The summed E-state index contributed by atoms with van der Waals surface area (Å²) in [5, 5.41) is 23.6. The van der Waals surface area contributed by atoms with Crippen LogP contribution in [0.15, 0.2) is 29.3 Å². The van der Waals surface area contributed by atoms with Crippen LogP contribution in [-0.2, 0) is 23.2 Å². The van der Waals surface area contributed by atoms with Crippen molar-refractivity contribution >= 4 is 23.6 Å². The first kappa shape index (κ1) is 20.4. The van der Waals surface area contributed by atoms with Crippen molar-refractivity contribution < 1.29 is 24.4 Å². The third kappa shape index (κ3) is 3.60. The molecular formula is C20H29N4O4S+. The Labute approximate surface area is 174 Å². The summed E-state index contributed by atoms with van der Waals surface area (Å²) in [5.41, 5.74) is 0.123. The third-order valence-corrected chi connectivity index (χ3v) is 7.86. The summed E-state index contributed by atoms with van der Waals surface area (Å²) in [5.74, 6) is -1.90. The Morgan fingerprint density at radius 3 is 2.86 bits per heavy atom. The maximum atomic E-state index is 12.4. The van der Waals surface area contributed by atoms with E-state index in [1.54, 1.807) is 18.7 Å². The average molecular weight is 422 g/mol. The first-order chi connectivity index (χ1) is 13.8. The molecule has 0 aromatic carbocycles. The Morgan fingerprint density at radius 2 is 2.24 bits per heavy atom.